The first kappa shape index (κ1) is 20.2. The van der Waals surface area contributed by atoms with Gasteiger partial charge >= 0.3 is 11.9 Å². The van der Waals surface area contributed by atoms with Gasteiger partial charge < -0.3 is 19.7 Å². The summed E-state index contributed by atoms with van der Waals surface area (Å²) in [6.45, 7) is 0. The van der Waals surface area contributed by atoms with Gasteiger partial charge in [0.2, 0.25) is 0 Å². The fourth-order valence-electron chi connectivity index (χ4n) is 3.60. The standard InChI is InChI=1S/C19H32O6/c20-14(10-12-16-6-2-8-18(22)24-16)4-1-5-15(21)11-13-17-7-3-9-19(23)25-17/h14-17,20-21H,1-13H2. The van der Waals surface area contributed by atoms with Crippen molar-refractivity contribution in [3.63, 3.8) is 0 Å². The zero-order chi connectivity index (χ0) is 18.1. The Morgan fingerprint density at radius 1 is 0.800 bits per heavy atom. The topological polar surface area (TPSA) is 93.1 Å². The summed E-state index contributed by atoms with van der Waals surface area (Å²) in [7, 11) is 0. The van der Waals surface area contributed by atoms with Crippen LogP contribution < -0.4 is 0 Å². The molecule has 2 N–H and O–H groups in total. The summed E-state index contributed by atoms with van der Waals surface area (Å²) in [4.78, 5) is 22.4. The van der Waals surface area contributed by atoms with E-state index in [0.29, 0.717) is 51.4 Å². The van der Waals surface area contributed by atoms with Crippen molar-refractivity contribution in [3.8, 4) is 0 Å². The minimum absolute atomic E-state index is 0.0420. The second kappa shape index (κ2) is 10.8. The number of rotatable bonds is 10. The van der Waals surface area contributed by atoms with Gasteiger partial charge in [0, 0.05) is 12.8 Å². The van der Waals surface area contributed by atoms with Crippen molar-refractivity contribution in [2.24, 2.45) is 0 Å². The van der Waals surface area contributed by atoms with E-state index in [1.807, 2.05) is 0 Å². The Hall–Kier alpha value is -1.14. The molecule has 2 rings (SSSR count). The predicted molar refractivity (Wildman–Crippen MR) is 91.8 cm³/mol. The number of carbonyl (C=O) groups excluding carboxylic acids is 2. The molecular weight excluding hydrogens is 324 g/mol. The monoisotopic (exact) mass is 356 g/mol. The number of hydrogen-bond acceptors (Lipinski definition) is 6. The lowest BCUT2D eigenvalue weighted by atomic mass is 9.97. The highest BCUT2D eigenvalue weighted by molar-refractivity contribution is 5.70. The van der Waals surface area contributed by atoms with Gasteiger partial charge in [0.15, 0.2) is 0 Å². The number of aliphatic hydroxyl groups excluding tert-OH is 2. The van der Waals surface area contributed by atoms with Gasteiger partial charge in [-0.05, 0) is 70.6 Å². The third-order valence-electron chi connectivity index (χ3n) is 5.13. The number of ether oxygens (including phenoxy) is 2. The second-order valence-corrected chi connectivity index (χ2v) is 7.40. The Bertz CT molecular complexity index is 386. The molecule has 0 saturated carbocycles. The fraction of sp³-hybridized carbons (Fsp3) is 0.895. The fourth-order valence-corrected chi connectivity index (χ4v) is 3.60. The average molecular weight is 356 g/mol. The largest absolute Gasteiger partial charge is 0.462 e. The smallest absolute Gasteiger partial charge is 0.306 e. The van der Waals surface area contributed by atoms with Gasteiger partial charge in [0.05, 0.1) is 12.2 Å². The molecule has 144 valence electrons. The van der Waals surface area contributed by atoms with E-state index in [-0.39, 0.29) is 24.1 Å². The molecule has 25 heavy (non-hydrogen) atoms. The van der Waals surface area contributed by atoms with Gasteiger partial charge in [-0.15, -0.1) is 0 Å². The molecule has 0 aromatic rings. The van der Waals surface area contributed by atoms with Gasteiger partial charge in [-0.3, -0.25) is 9.59 Å². The van der Waals surface area contributed by atoms with Gasteiger partial charge in [-0.25, -0.2) is 0 Å². The maximum absolute atomic E-state index is 11.2. The molecule has 0 radical (unpaired) electrons. The van der Waals surface area contributed by atoms with Gasteiger partial charge in [-0.2, -0.15) is 0 Å². The molecule has 2 aliphatic heterocycles. The van der Waals surface area contributed by atoms with Crippen LogP contribution in [0, 0.1) is 0 Å². The van der Waals surface area contributed by atoms with E-state index in [0.717, 1.165) is 32.1 Å². The van der Waals surface area contributed by atoms with Crippen LogP contribution in [0.15, 0.2) is 0 Å². The molecule has 4 unspecified atom stereocenters. The van der Waals surface area contributed by atoms with Gasteiger partial charge in [-0.1, -0.05) is 0 Å². The molecule has 0 aliphatic carbocycles. The Kier molecular flexibility index (Phi) is 8.68. The molecule has 6 heteroatoms. The number of esters is 2. The lowest BCUT2D eigenvalue weighted by Gasteiger charge is -2.24. The van der Waals surface area contributed by atoms with E-state index >= 15 is 0 Å². The van der Waals surface area contributed by atoms with Gasteiger partial charge in [0.1, 0.15) is 12.2 Å². The molecule has 0 bridgehead atoms. The van der Waals surface area contributed by atoms with Crippen molar-refractivity contribution in [2.45, 2.75) is 108 Å². The average Bonchev–Trinajstić information content (AvgIpc) is 2.58. The van der Waals surface area contributed by atoms with E-state index in [2.05, 4.69) is 0 Å². The molecule has 6 nitrogen and oxygen atoms in total. The lowest BCUT2D eigenvalue weighted by Crippen LogP contribution is -2.25. The van der Waals surface area contributed by atoms with Crippen LogP contribution in [0.25, 0.3) is 0 Å². The van der Waals surface area contributed by atoms with Crippen LogP contribution in [-0.2, 0) is 19.1 Å². The summed E-state index contributed by atoms with van der Waals surface area (Å²) >= 11 is 0. The van der Waals surface area contributed by atoms with Crippen LogP contribution in [0.1, 0.15) is 83.5 Å². The van der Waals surface area contributed by atoms with Crippen molar-refractivity contribution in [3.05, 3.63) is 0 Å². The summed E-state index contributed by atoms with van der Waals surface area (Å²) < 4.78 is 10.5. The molecule has 4 atom stereocenters. The molecule has 0 aromatic carbocycles. The molecule has 2 aliphatic rings. The first-order valence-electron chi connectivity index (χ1n) is 9.78. The molecule has 2 saturated heterocycles. The third kappa shape index (κ3) is 8.19. The zero-order valence-electron chi connectivity index (χ0n) is 15.0. The minimum atomic E-state index is -0.410. The number of carbonyl (C=O) groups is 2. The lowest BCUT2D eigenvalue weighted by molar-refractivity contribution is -0.155. The first-order valence-corrected chi connectivity index (χ1v) is 9.78. The minimum Gasteiger partial charge on any atom is -0.462 e. The molecule has 2 heterocycles. The van der Waals surface area contributed by atoms with Crippen molar-refractivity contribution >= 4 is 11.9 Å². The number of hydrogen-bond donors (Lipinski definition) is 2. The van der Waals surface area contributed by atoms with Crippen molar-refractivity contribution in [2.75, 3.05) is 0 Å². The Morgan fingerprint density at radius 2 is 1.24 bits per heavy atom. The summed E-state index contributed by atoms with van der Waals surface area (Å²) in [6, 6.07) is 0. The van der Waals surface area contributed by atoms with Crippen LogP contribution in [0.5, 0.6) is 0 Å². The third-order valence-corrected chi connectivity index (χ3v) is 5.13. The quantitative estimate of drug-likeness (QED) is 0.585. The summed E-state index contributed by atoms with van der Waals surface area (Å²) in [5.41, 5.74) is 0. The van der Waals surface area contributed by atoms with E-state index in [1.165, 1.54) is 0 Å². The molecule has 0 aromatic heterocycles. The van der Waals surface area contributed by atoms with Crippen molar-refractivity contribution < 1.29 is 29.3 Å². The zero-order valence-corrected chi connectivity index (χ0v) is 15.0. The Labute approximate surface area is 149 Å². The highest BCUT2D eigenvalue weighted by atomic mass is 16.5. The van der Waals surface area contributed by atoms with Crippen LogP contribution in [0.3, 0.4) is 0 Å². The molecule has 0 amide bonds. The maximum Gasteiger partial charge on any atom is 0.306 e. The summed E-state index contributed by atoms with van der Waals surface area (Å²) in [5, 5.41) is 20.1. The molecule has 2 fully saturated rings. The van der Waals surface area contributed by atoms with Crippen LogP contribution >= 0.6 is 0 Å². The van der Waals surface area contributed by atoms with Crippen molar-refractivity contribution in [1.82, 2.24) is 0 Å². The van der Waals surface area contributed by atoms with E-state index < -0.39 is 12.2 Å². The highest BCUT2D eigenvalue weighted by Gasteiger charge is 2.22. The van der Waals surface area contributed by atoms with Crippen LogP contribution in [0.4, 0.5) is 0 Å². The Morgan fingerprint density at radius 3 is 1.64 bits per heavy atom. The van der Waals surface area contributed by atoms with E-state index in [4.69, 9.17) is 9.47 Å². The normalized spacial score (nSPS) is 26.6. The van der Waals surface area contributed by atoms with Gasteiger partial charge in [0.25, 0.3) is 0 Å². The first-order chi connectivity index (χ1) is 12.0. The summed E-state index contributed by atoms with van der Waals surface area (Å²) in [6.07, 6.45) is 8.40. The second-order valence-electron chi connectivity index (χ2n) is 7.40. The SMILES string of the molecule is O=C1CCCC(CCC(O)CCCC(O)CCC2CCCC(=O)O2)O1. The summed E-state index contributed by atoms with van der Waals surface area (Å²) in [5.74, 6) is -0.255. The van der Waals surface area contributed by atoms with Crippen molar-refractivity contribution in [1.29, 1.82) is 0 Å². The number of cyclic esters (lactones) is 2. The van der Waals surface area contributed by atoms with E-state index in [9.17, 15) is 19.8 Å². The van der Waals surface area contributed by atoms with Crippen LogP contribution in [0.2, 0.25) is 0 Å². The Balaban J connectivity index is 1.49. The maximum atomic E-state index is 11.2. The molecular formula is C19H32O6. The highest BCUT2D eigenvalue weighted by Crippen LogP contribution is 2.22. The molecule has 0 spiro atoms. The number of aliphatic hydroxyl groups is 2. The van der Waals surface area contributed by atoms with Crippen LogP contribution in [-0.4, -0.2) is 46.6 Å². The van der Waals surface area contributed by atoms with E-state index in [1.54, 1.807) is 0 Å². The predicted octanol–water partition coefficient (Wildman–Crippen LogP) is 2.63.